The summed E-state index contributed by atoms with van der Waals surface area (Å²) in [6.45, 7) is 2.03. The third kappa shape index (κ3) is 3.04. The van der Waals surface area contributed by atoms with Crippen LogP contribution in [0, 0.1) is 12.7 Å². The van der Waals surface area contributed by atoms with Crippen LogP contribution in [0.25, 0.3) is 0 Å². The largest absolute Gasteiger partial charge is 0.326 e. The minimum atomic E-state index is -0.166. The van der Waals surface area contributed by atoms with Gasteiger partial charge in [0.1, 0.15) is 5.82 Å². The van der Waals surface area contributed by atoms with E-state index in [-0.39, 0.29) is 17.4 Å². The highest BCUT2D eigenvalue weighted by atomic mass is 19.1. The van der Waals surface area contributed by atoms with Crippen molar-refractivity contribution in [1.29, 1.82) is 0 Å². The molecule has 1 aliphatic rings. The van der Waals surface area contributed by atoms with E-state index in [1.807, 2.05) is 13.0 Å². The first-order chi connectivity index (χ1) is 9.45. The van der Waals surface area contributed by atoms with E-state index in [2.05, 4.69) is 19.0 Å². The fourth-order valence-electron chi connectivity index (χ4n) is 3.60. The van der Waals surface area contributed by atoms with Gasteiger partial charge < -0.3 is 10.6 Å². The van der Waals surface area contributed by atoms with Crippen molar-refractivity contribution in [2.75, 3.05) is 14.1 Å². The molecule has 0 radical (unpaired) electrons. The second-order valence-corrected chi connectivity index (χ2v) is 6.44. The van der Waals surface area contributed by atoms with Gasteiger partial charge in [-0.2, -0.15) is 0 Å². The Morgan fingerprint density at radius 1 is 1.25 bits per heavy atom. The first-order valence-corrected chi connectivity index (χ1v) is 7.64. The molecule has 0 aliphatic heterocycles. The standard InChI is InChI=1S/C17H27FN2/c1-13-7-8-15(18)11-14(13)12-16(19)17(20(2)3)9-5-4-6-10-17/h7-8,11,16H,4-6,9-10,12,19H2,1-3H3. The maximum Gasteiger partial charge on any atom is 0.123 e. The quantitative estimate of drug-likeness (QED) is 0.916. The van der Waals surface area contributed by atoms with E-state index in [1.165, 1.54) is 25.3 Å². The molecular formula is C17H27FN2. The molecule has 3 heteroatoms. The number of rotatable bonds is 4. The maximum atomic E-state index is 13.4. The Bertz CT molecular complexity index is 450. The lowest BCUT2D eigenvalue weighted by Gasteiger charge is -2.47. The monoisotopic (exact) mass is 278 g/mol. The molecule has 1 aromatic carbocycles. The van der Waals surface area contributed by atoms with Crippen LogP contribution < -0.4 is 5.73 Å². The molecule has 0 saturated heterocycles. The minimum Gasteiger partial charge on any atom is -0.326 e. The number of nitrogens with zero attached hydrogens (tertiary/aromatic N) is 1. The molecule has 1 atom stereocenters. The lowest BCUT2D eigenvalue weighted by atomic mass is 9.73. The fraction of sp³-hybridized carbons (Fsp3) is 0.647. The first-order valence-electron chi connectivity index (χ1n) is 7.64. The predicted octanol–water partition coefficient (Wildman–Crippen LogP) is 3.27. The smallest absolute Gasteiger partial charge is 0.123 e. The van der Waals surface area contributed by atoms with Gasteiger partial charge in [-0.05, 0) is 63.5 Å². The molecule has 0 heterocycles. The zero-order valence-electron chi connectivity index (χ0n) is 13.0. The third-order valence-electron chi connectivity index (χ3n) is 5.05. The maximum absolute atomic E-state index is 13.4. The van der Waals surface area contributed by atoms with Crippen LogP contribution >= 0.6 is 0 Å². The third-order valence-corrected chi connectivity index (χ3v) is 5.05. The molecule has 1 aliphatic carbocycles. The van der Waals surface area contributed by atoms with Crippen molar-refractivity contribution < 1.29 is 4.39 Å². The van der Waals surface area contributed by atoms with Crippen molar-refractivity contribution >= 4 is 0 Å². The topological polar surface area (TPSA) is 29.3 Å². The summed E-state index contributed by atoms with van der Waals surface area (Å²) in [6, 6.07) is 5.06. The molecule has 20 heavy (non-hydrogen) atoms. The van der Waals surface area contributed by atoms with Crippen molar-refractivity contribution in [3.05, 3.63) is 35.1 Å². The Balaban J connectivity index is 2.20. The van der Waals surface area contributed by atoms with Crippen LogP contribution in [-0.4, -0.2) is 30.6 Å². The van der Waals surface area contributed by atoms with Gasteiger partial charge in [0.05, 0.1) is 0 Å². The second kappa shape index (κ2) is 6.23. The summed E-state index contributed by atoms with van der Waals surface area (Å²) in [5.41, 5.74) is 8.81. The average molecular weight is 278 g/mol. The van der Waals surface area contributed by atoms with Crippen LogP contribution in [0.1, 0.15) is 43.2 Å². The molecule has 1 aromatic rings. The average Bonchev–Trinajstić information content (AvgIpc) is 2.43. The van der Waals surface area contributed by atoms with E-state index in [9.17, 15) is 4.39 Å². The molecule has 2 rings (SSSR count). The van der Waals surface area contributed by atoms with Gasteiger partial charge in [0.2, 0.25) is 0 Å². The Morgan fingerprint density at radius 3 is 2.50 bits per heavy atom. The zero-order chi connectivity index (χ0) is 14.8. The van der Waals surface area contributed by atoms with Gasteiger partial charge >= 0.3 is 0 Å². The molecular weight excluding hydrogens is 251 g/mol. The summed E-state index contributed by atoms with van der Waals surface area (Å²) in [6.07, 6.45) is 6.84. The van der Waals surface area contributed by atoms with Crippen LogP contribution in [0.5, 0.6) is 0 Å². The van der Waals surface area contributed by atoms with Gasteiger partial charge in [-0.15, -0.1) is 0 Å². The van der Waals surface area contributed by atoms with E-state index >= 15 is 0 Å². The fourth-order valence-corrected chi connectivity index (χ4v) is 3.60. The van der Waals surface area contributed by atoms with Crippen molar-refractivity contribution in [2.45, 2.75) is 57.0 Å². The molecule has 112 valence electrons. The molecule has 1 unspecified atom stereocenters. The molecule has 2 N–H and O–H groups in total. The lowest BCUT2D eigenvalue weighted by molar-refractivity contribution is 0.0715. The Morgan fingerprint density at radius 2 is 1.90 bits per heavy atom. The Kier molecular flexibility index (Phi) is 4.82. The summed E-state index contributed by atoms with van der Waals surface area (Å²) in [5, 5.41) is 0. The van der Waals surface area contributed by atoms with Crippen LogP contribution in [0.2, 0.25) is 0 Å². The number of hydrogen-bond acceptors (Lipinski definition) is 2. The molecule has 0 spiro atoms. The number of nitrogens with two attached hydrogens (primary N) is 1. The van der Waals surface area contributed by atoms with Gasteiger partial charge in [-0.3, -0.25) is 0 Å². The molecule has 2 nitrogen and oxygen atoms in total. The highest BCUT2D eigenvalue weighted by Gasteiger charge is 2.39. The molecule has 1 fully saturated rings. The van der Waals surface area contributed by atoms with E-state index in [0.717, 1.165) is 30.4 Å². The van der Waals surface area contributed by atoms with Gasteiger partial charge in [-0.1, -0.05) is 25.3 Å². The number of aryl methyl sites for hydroxylation is 1. The summed E-state index contributed by atoms with van der Waals surface area (Å²) < 4.78 is 13.4. The van der Waals surface area contributed by atoms with Crippen LogP contribution in [-0.2, 0) is 6.42 Å². The van der Waals surface area contributed by atoms with Gasteiger partial charge in [0.15, 0.2) is 0 Å². The lowest BCUT2D eigenvalue weighted by Crippen LogP contribution is -2.59. The number of halogens is 1. The van der Waals surface area contributed by atoms with Crippen LogP contribution in [0.3, 0.4) is 0 Å². The van der Waals surface area contributed by atoms with Crippen molar-refractivity contribution in [3.63, 3.8) is 0 Å². The Labute approximate surface area is 122 Å². The molecule has 0 amide bonds. The van der Waals surface area contributed by atoms with Gasteiger partial charge in [-0.25, -0.2) is 4.39 Å². The highest BCUT2D eigenvalue weighted by molar-refractivity contribution is 5.28. The summed E-state index contributed by atoms with van der Waals surface area (Å²) >= 11 is 0. The van der Waals surface area contributed by atoms with Crippen molar-refractivity contribution in [2.24, 2.45) is 5.73 Å². The van der Waals surface area contributed by atoms with Crippen LogP contribution in [0.15, 0.2) is 18.2 Å². The first kappa shape index (κ1) is 15.5. The highest BCUT2D eigenvalue weighted by Crippen LogP contribution is 2.35. The normalized spacial score (nSPS) is 20.1. The second-order valence-electron chi connectivity index (χ2n) is 6.44. The molecule has 0 bridgehead atoms. The number of hydrogen-bond donors (Lipinski definition) is 1. The van der Waals surface area contributed by atoms with Gasteiger partial charge in [0.25, 0.3) is 0 Å². The van der Waals surface area contributed by atoms with E-state index in [1.54, 1.807) is 6.07 Å². The predicted molar refractivity (Wildman–Crippen MR) is 82.3 cm³/mol. The molecule has 0 aromatic heterocycles. The minimum absolute atomic E-state index is 0.0540. The van der Waals surface area contributed by atoms with Crippen molar-refractivity contribution in [3.8, 4) is 0 Å². The van der Waals surface area contributed by atoms with Crippen molar-refractivity contribution in [1.82, 2.24) is 4.90 Å². The summed E-state index contributed by atoms with van der Waals surface area (Å²) in [5.74, 6) is -0.166. The van der Waals surface area contributed by atoms with E-state index in [0.29, 0.717) is 0 Å². The van der Waals surface area contributed by atoms with E-state index in [4.69, 9.17) is 5.73 Å². The molecule has 1 saturated carbocycles. The number of likely N-dealkylation sites (N-methyl/N-ethyl adjacent to an activating group) is 1. The number of benzene rings is 1. The van der Waals surface area contributed by atoms with Gasteiger partial charge in [0, 0.05) is 11.6 Å². The summed E-state index contributed by atoms with van der Waals surface area (Å²) in [7, 11) is 4.26. The Hall–Kier alpha value is -0.930. The SMILES string of the molecule is Cc1ccc(F)cc1CC(N)C1(N(C)C)CCCCC1. The van der Waals surface area contributed by atoms with Crippen LogP contribution in [0.4, 0.5) is 4.39 Å². The zero-order valence-corrected chi connectivity index (χ0v) is 13.0. The summed E-state index contributed by atoms with van der Waals surface area (Å²) in [4.78, 5) is 2.30. The van der Waals surface area contributed by atoms with E-state index < -0.39 is 0 Å².